The van der Waals surface area contributed by atoms with Gasteiger partial charge in [0.1, 0.15) is 5.69 Å². The number of carbonyl (C=O) groups excluding carboxylic acids is 2. The van der Waals surface area contributed by atoms with Crippen LogP contribution in [0.1, 0.15) is 39.1 Å². The number of aromatic nitrogens is 1. The van der Waals surface area contributed by atoms with E-state index in [1.807, 2.05) is 28.5 Å². The van der Waals surface area contributed by atoms with Crippen LogP contribution >= 0.6 is 0 Å². The minimum absolute atomic E-state index is 0.0551. The van der Waals surface area contributed by atoms with Gasteiger partial charge in [-0.3, -0.25) is 9.59 Å². The first-order valence-corrected chi connectivity index (χ1v) is 10.8. The highest BCUT2D eigenvalue weighted by atomic mass is 16.3. The van der Waals surface area contributed by atoms with Gasteiger partial charge in [-0.15, -0.1) is 0 Å². The molecule has 4 aromatic rings. The van der Waals surface area contributed by atoms with E-state index in [4.69, 9.17) is 8.83 Å². The number of hydrogen-bond donors (Lipinski definition) is 0. The second-order valence-electron chi connectivity index (χ2n) is 8.36. The third kappa shape index (κ3) is 3.60. The number of amides is 2. The molecule has 0 bridgehead atoms. The fourth-order valence-corrected chi connectivity index (χ4v) is 4.33. The van der Waals surface area contributed by atoms with E-state index < -0.39 is 0 Å². The summed E-state index contributed by atoms with van der Waals surface area (Å²) in [5.74, 6) is 0.124. The molecule has 0 saturated carbocycles. The lowest BCUT2D eigenvalue weighted by Gasteiger charge is -2.39. The zero-order chi connectivity index (χ0) is 22.2. The molecule has 2 amide bonds. The zero-order valence-corrected chi connectivity index (χ0v) is 18.2. The molecule has 32 heavy (non-hydrogen) atoms. The van der Waals surface area contributed by atoms with Crippen molar-refractivity contribution in [2.45, 2.75) is 26.4 Å². The highest BCUT2D eigenvalue weighted by Crippen LogP contribution is 2.25. The Morgan fingerprint density at radius 1 is 1.00 bits per heavy atom. The molecule has 1 fully saturated rings. The van der Waals surface area contributed by atoms with Crippen molar-refractivity contribution >= 4 is 22.9 Å². The highest BCUT2D eigenvalue weighted by molar-refractivity contribution is 5.98. The number of fused-ring (bicyclic) bond motifs is 1. The van der Waals surface area contributed by atoms with E-state index >= 15 is 0 Å². The summed E-state index contributed by atoms with van der Waals surface area (Å²) in [4.78, 5) is 29.8. The highest BCUT2D eigenvalue weighted by Gasteiger charge is 2.33. The zero-order valence-electron chi connectivity index (χ0n) is 18.2. The SMILES string of the molecule is Cc1ccc(Cn2c(C(=O)N3CCN(C(=O)c4ccco4)C(C)C3)cc3ccoc32)cc1. The van der Waals surface area contributed by atoms with Crippen molar-refractivity contribution in [1.29, 1.82) is 0 Å². The van der Waals surface area contributed by atoms with Crippen LogP contribution in [0.15, 0.2) is 69.9 Å². The van der Waals surface area contributed by atoms with Crippen LogP contribution in [0.3, 0.4) is 0 Å². The number of aryl methyl sites for hydroxylation is 1. The van der Waals surface area contributed by atoms with E-state index in [9.17, 15) is 9.59 Å². The molecule has 1 aliphatic rings. The molecule has 5 rings (SSSR count). The fourth-order valence-electron chi connectivity index (χ4n) is 4.33. The third-order valence-electron chi connectivity index (χ3n) is 6.09. The fraction of sp³-hybridized carbons (Fsp3) is 0.280. The van der Waals surface area contributed by atoms with Crippen molar-refractivity contribution in [3.63, 3.8) is 0 Å². The first-order chi connectivity index (χ1) is 15.5. The second kappa shape index (κ2) is 8.07. The van der Waals surface area contributed by atoms with Crippen LogP contribution in [0.25, 0.3) is 11.1 Å². The summed E-state index contributed by atoms with van der Waals surface area (Å²) >= 11 is 0. The Morgan fingerprint density at radius 2 is 1.81 bits per heavy atom. The summed E-state index contributed by atoms with van der Waals surface area (Å²) in [7, 11) is 0. The molecule has 7 heteroatoms. The maximum absolute atomic E-state index is 13.5. The van der Waals surface area contributed by atoms with Crippen molar-refractivity contribution in [1.82, 2.24) is 14.4 Å². The van der Waals surface area contributed by atoms with Crippen LogP contribution < -0.4 is 0 Å². The number of nitrogens with zero attached hydrogens (tertiary/aromatic N) is 3. The smallest absolute Gasteiger partial charge is 0.289 e. The van der Waals surface area contributed by atoms with Crippen LogP contribution in [0.5, 0.6) is 0 Å². The summed E-state index contributed by atoms with van der Waals surface area (Å²) in [5.41, 5.74) is 3.57. The lowest BCUT2D eigenvalue weighted by atomic mass is 10.1. The number of benzene rings is 1. The molecule has 1 aliphatic heterocycles. The molecule has 0 radical (unpaired) electrons. The molecule has 3 aromatic heterocycles. The number of piperazine rings is 1. The predicted octanol–water partition coefficient (Wildman–Crippen LogP) is 4.17. The molecule has 1 aromatic carbocycles. The molecular formula is C25H25N3O4. The van der Waals surface area contributed by atoms with Crippen molar-refractivity contribution in [2.75, 3.05) is 19.6 Å². The summed E-state index contributed by atoms with van der Waals surface area (Å²) in [6.45, 7) is 5.94. The maximum atomic E-state index is 13.5. The first kappa shape index (κ1) is 20.2. The normalized spacial score (nSPS) is 16.6. The quantitative estimate of drug-likeness (QED) is 0.486. The molecule has 1 unspecified atom stereocenters. The topological polar surface area (TPSA) is 71.8 Å². The van der Waals surface area contributed by atoms with Crippen molar-refractivity contribution in [3.05, 3.63) is 83.6 Å². The van der Waals surface area contributed by atoms with E-state index in [0.29, 0.717) is 43.3 Å². The van der Waals surface area contributed by atoms with E-state index in [0.717, 1.165) is 10.9 Å². The van der Waals surface area contributed by atoms with Crippen LogP contribution in [0.4, 0.5) is 0 Å². The molecule has 0 aliphatic carbocycles. The van der Waals surface area contributed by atoms with Gasteiger partial charge in [-0.2, -0.15) is 0 Å². The first-order valence-electron chi connectivity index (χ1n) is 10.8. The van der Waals surface area contributed by atoms with Crippen molar-refractivity contribution in [3.8, 4) is 0 Å². The minimum atomic E-state index is -0.144. The van der Waals surface area contributed by atoms with E-state index in [-0.39, 0.29) is 17.9 Å². The monoisotopic (exact) mass is 431 g/mol. The summed E-state index contributed by atoms with van der Waals surface area (Å²) in [6, 6.07) is 15.3. The average molecular weight is 431 g/mol. The lowest BCUT2D eigenvalue weighted by Crippen LogP contribution is -2.55. The largest absolute Gasteiger partial charge is 0.459 e. The van der Waals surface area contributed by atoms with Gasteiger partial charge >= 0.3 is 0 Å². The van der Waals surface area contributed by atoms with Crippen LogP contribution in [-0.2, 0) is 6.54 Å². The number of furan rings is 2. The van der Waals surface area contributed by atoms with Gasteiger partial charge in [0.05, 0.1) is 19.1 Å². The lowest BCUT2D eigenvalue weighted by molar-refractivity contribution is 0.0391. The van der Waals surface area contributed by atoms with Gasteiger partial charge in [-0.05, 0) is 43.7 Å². The average Bonchev–Trinajstić information content (AvgIpc) is 3.53. The second-order valence-corrected chi connectivity index (χ2v) is 8.36. The summed E-state index contributed by atoms with van der Waals surface area (Å²) < 4.78 is 12.9. The van der Waals surface area contributed by atoms with Gasteiger partial charge in [0.15, 0.2) is 5.76 Å². The summed E-state index contributed by atoms with van der Waals surface area (Å²) in [6.07, 6.45) is 3.14. The number of carbonyl (C=O) groups is 2. The summed E-state index contributed by atoms with van der Waals surface area (Å²) in [5, 5.41) is 0.903. The Morgan fingerprint density at radius 3 is 2.53 bits per heavy atom. The van der Waals surface area contributed by atoms with Crippen molar-refractivity contribution < 1.29 is 18.4 Å². The Labute approximate surface area is 185 Å². The van der Waals surface area contributed by atoms with Crippen LogP contribution in [0.2, 0.25) is 0 Å². The van der Waals surface area contributed by atoms with Gasteiger partial charge in [0.2, 0.25) is 5.71 Å². The Kier molecular flexibility index (Phi) is 5.09. The van der Waals surface area contributed by atoms with E-state index in [2.05, 4.69) is 31.2 Å². The standard InChI is InChI=1S/C25H25N3O4/c1-17-5-7-19(8-6-17)16-28-21(14-20-9-13-32-25(20)28)23(29)26-10-11-27(18(2)15-26)24(30)22-4-3-12-31-22/h3-9,12-14,18H,10-11,15-16H2,1-2H3. The minimum Gasteiger partial charge on any atom is -0.459 e. The molecule has 0 N–H and O–H groups in total. The van der Waals surface area contributed by atoms with Gasteiger partial charge in [0.25, 0.3) is 11.8 Å². The Bertz CT molecular complexity index is 1250. The molecule has 4 heterocycles. The number of hydrogen-bond acceptors (Lipinski definition) is 4. The van der Waals surface area contributed by atoms with Gasteiger partial charge < -0.3 is 23.2 Å². The molecule has 1 saturated heterocycles. The molecule has 164 valence electrons. The number of rotatable bonds is 4. The molecule has 0 spiro atoms. The van der Waals surface area contributed by atoms with Crippen LogP contribution in [-0.4, -0.2) is 51.9 Å². The molecular weight excluding hydrogens is 406 g/mol. The third-order valence-corrected chi connectivity index (χ3v) is 6.09. The Hall–Kier alpha value is -3.74. The van der Waals surface area contributed by atoms with Gasteiger partial charge in [0, 0.05) is 31.1 Å². The molecule has 7 nitrogen and oxygen atoms in total. The molecule has 1 atom stereocenters. The van der Waals surface area contributed by atoms with Crippen LogP contribution in [0, 0.1) is 6.92 Å². The Balaban J connectivity index is 1.38. The van der Waals surface area contributed by atoms with E-state index in [1.54, 1.807) is 23.3 Å². The predicted molar refractivity (Wildman–Crippen MR) is 120 cm³/mol. The van der Waals surface area contributed by atoms with Gasteiger partial charge in [-0.25, -0.2) is 0 Å². The van der Waals surface area contributed by atoms with Crippen molar-refractivity contribution in [2.24, 2.45) is 0 Å². The maximum Gasteiger partial charge on any atom is 0.289 e. The van der Waals surface area contributed by atoms with Gasteiger partial charge in [-0.1, -0.05) is 29.8 Å². The van der Waals surface area contributed by atoms with E-state index in [1.165, 1.54) is 11.8 Å².